The molecule has 0 atom stereocenters. The molecule has 2 N–H and O–H groups in total. The maximum absolute atomic E-state index is 4.90. The largest absolute Gasteiger partial charge is 0.352 e. The number of fused-ring (bicyclic) bond motifs is 1. The molecule has 0 unspecified atom stereocenters. The van der Waals surface area contributed by atoms with E-state index in [-0.39, 0.29) is 24.8 Å². The van der Waals surface area contributed by atoms with Gasteiger partial charge in [0.1, 0.15) is 11.6 Å². The predicted octanol–water partition coefficient (Wildman–Crippen LogP) is 2.43. The van der Waals surface area contributed by atoms with Gasteiger partial charge in [-0.1, -0.05) is 0 Å². The third-order valence-electron chi connectivity index (χ3n) is 4.40. The minimum atomic E-state index is 0. The molecular formula is C18H23Cl2N7. The Morgan fingerprint density at radius 1 is 1.04 bits per heavy atom. The summed E-state index contributed by atoms with van der Waals surface area (Å²) in [4.78, 5) is 23.5. The molecular weight excluding hydrogens is 385 g/mol. The van der Waals surface area contributed by atoms with Crippen LogP contribution in [0.15, 0.2) is 36.9 Å². The van der Waals surface area contributed by atoms with Crippen molar-refractivity contribution >= 4 is 30.6 Å². The van der Waals surface area contributed by atoms with Gasteiger partial charge >= 0.3 is 0 Å². The number of nitrogens with one attached hydrogen (secondary N) is 2. The first kappa shape index (κ1) is 21.1. The summed E-state index contributed by atoms with van der Waals surface area (Å²) in [7, 11) is 2.06. The molecule has 1 aliphatic rings. The Morgan fingerprint density at radius 2 is 1.81 bits per heavy atom. The summed E-state index contributed by atoms with van der Waals surface area (Å²) in [5.74, 6) is 2.66. The molecule has 4 heterocycles. The molecule has 7 nitrogen and oxygen atoms in total. The van der Waals surface area contributed by atoms with Gasteiger partial charge in [0.05, 0.1) is 12.2 Å². The van der Waals surface area contributed by atoms with E-state index in [0.29, 0.717) is 6.54 Å². The molecule has 0 saturated carbocycles. The summed E-state index contributed by atoms with van der Waals surface area (Å²) in [6, 6.07) is 3.90. The van der Waals surface area contributed by atoms with Crippen LogP contribution in [0.4, 0.5) is 5.82 Å². The van der Waals surface area contributed by atoms with Crippen LogP contribution in [0.3, 0.4) is 0 Å². The van der Waals surface area contributed by atoms with E-state index in [4.69, 9.17) is 9.97 Å². The topological polar surface area (TPSA) is 82.6 Å². The molecule has 0 spiro atoms. The fourth-order valence-electron chi connectivity index (χ4n) is 3.16. The van der Waals surface area contributed by atoms with Crippen molar-refractivity contribution in [3.05, 3.63) is 54.0 Å². The number of anilines is 1. The lowest BCUT2D eigenvalue weighted by Crippen LogP contribution is -2.22. The summed E-state index contributed by atoms with van der Waals surface area (Å²) in [6.07, 6.45) is 9.02. The van der Waals surface area contributed by atoms with Crippen LogP contribution in [0.1, 0.15) is 17.1 Å². The zero-order valence-corrected chi connectivity index (χ0v) is 16.7. The Labute approximate surface area is 170 Å². The van der Waals surface area contributed by atoms with Crippen LogP contribution in [0.25, 0.3) is 11.4 Å². The molecule has 0 saturated heterocycles. The lowest BCUT2D eigenvalue weighted by molar-refractivity contribution is 0.708. The van der Waals surface area contributed by atoms with Gasteiger partial charge in [-0.3, -0.25) is 4.98 Å². The van der Waals surface area contributed by atoms with Crippen molar-refractivity contribution in [3.8, 4) is 11.4 Å². The van der Waals surface area contributed by atoms with Gasteiger partial charge < -0.3 is 15.2 Å². The lowest BCUT2D eigenvalue weighted by Gasteiger charge is -2.22. The predicted molar refractivity (Wildman–Crippen MR) is 111 cm³/mol. The van der Waals surface area contributed by atoms with E-state index in [9.17, 15) is 0 Å². The highest BCUT2D eigenvalue weighted by atomic mass is 35.5. The zero-order valence-electron chi connectivity index (χ0n) is 15.1. The van der Waals surface area contributed by atoms with E-state index in [0.717, 1.165) is 54.7 Å². The number of nitrogens with zero attached hydrogens (tertiary/aromatic N) is 5. The second-order valence-electron chi connectivity index (χ2n) is 6.17. The Kier molecular flexibility index (Phi) is 7.53. The van der Waals surface area contributed by atoms with Crippen molar-refractivity contribution in [2.75, 3.05) is 25.0 Å². The van der Waals surface area contributed by atoms with Gasteiger partial charge in [0.2, 0.25) is 0 Å². The quantitative estimate of drug-likeness (QED) is 0.690. The summed E-state index contributed by atoms with van der Waals surface area (Å²) >= 11 is 0. The normalized spacial score (nSPS) is 12.9. The molecule has 0 fully saturated rings. The van der Waals surface area contributed by atoms with Gasteiger partial charge in [-0.2, -0.15) is 0 Å². The first-order valence-electron chi connectivity index (χ1n) is 8.51. The van der Waals surface area contributed by atoms with Gasteiger partial charge in [-0.15, -0.1) is 24.8 Å². The highest BCUT2D eigenvalue weighted by molar-refractivity contribution is 5.85. The van der Waals surface area contributed by atoms with Crippen molar-refractivity contribution in [2.45, 2.75) is 19.4 Å². The number of H-pyrrole nitrogens is 1. The Morgan fingerprint density at radius 3 is 2.56 bits per heavy atom. The van der Waals surface area contributed by atoms with Crippen LogP contribution in [0.5, 0.6) is 0 Å². The summed E-state index contributed by atoms with van der Waals surface area (Å²) in [5.41, 5.74) is 3.35. The Hall–Kier alpha value is -2.22. The standard InChI is InChI=1S/C18H21N7.2ClH/c1-25(12-16-21-10-11-22-16)18-14-4-8-20-9-5-15(14)23-17(24-18)13-2-6-19-7-3-13;;/h2-3,6-7,10-11,20H,4-5,8-9,12H2,1H3,(H,21,22);2*1H. The zero-order chi connectivity index (χ0) is 17.1. The molecule has 0 bridgehead atoms. The SMILES string of the molecule is CN(Cc1ncc[nH]1)c1nc(-c2ccncc2)nc2c1CCNCC2.Cl.Cl. The van der Waals surface area contributed by atoms with Crippen molar-refractivity contribution in [1.29, 1.82) is 0 Å². The molecule has 0 radical (unpaired) electrons. The van der Waals surface area contributed by atoms with Crippen LogP contribution in [0.2, 0.25) is 0 Å². The highest BCUT2D eigenvalue weighted by Crippen LogP contribution is 2.27. The molecule has 144 valence electrons. The molecule has 4 rings (SSSR count). The fraction of sp³-hybridized carbons (Fsp3) is 0.333. The number of aromatic nitrogens is 5. The summed E-state index contributed by atoms with van der Waals surface area (Å²) in [5, 5.41) is 3.45. The van der Waals surface area contributed by atoms with Crippen molar-refractivity contribution in [3.63, 3.8) is 0 Å². The summed E-state index contributed by atoms with van der Waals surface area (Å²) in [6.45, 7) is 2.58. The number of hydrogen-bond acceptors (Lipinski definition) is 6. The first-order valence-corrected chi connectivity index (χ1v) is 8.51. The van der Waals surface area contributed by atoms with E-state index < -0.39 is 0 Å². The van der Waals surface area contributed by atoms with Crippen molar-refractivity contribution in [1.82, 2.24) is 30.2 Å². The molecule has 3 aromatic rings. The monoisotopic (exact) mass is 407 g/mol. The average molecular weight is 408 g/mol. The summed E-state index contributed by atoms with van der Waals surface area (Å²) < 4.78 is 0. The molecule has 0 aliphatic carbocycles. The maximum Gasteiger partial charge on any atom is 0.161 e. The van der Waals surface area contributed by atoms with E-state index >= 15 is 0 Å². The number of aromatic amines is 1. The van der Waals surface area contributed by atoms with Gasteiger partial charge in [-0.25, -0.2) is 15.0 Å². The van der Waals surface area contributed by atoms with E-state index in [1.807, 2.05) is 18.3 Å². The highest BCUT2D eigenvalue weighted by Gasteiger charge is 2.20. The van der Waals surface area contributed by atoms with Gasteiger partial charge in [0.25, 0.3) is 0 Å². The van der Waals surface area contributed by atoms with Crippen LogP contribution in [-0.4, -0.2) is 45.1 Å². The third kappa shape index (κ3) is 4.74. The Balaban J connectivity index is 0.00000131. The molecule has 0 aromatic carbocycles. The van der Waals surface area contributed by atoms with Crippen LogP contribution >= 0.6 is 24.8 Å². The van der Waals surface area contributed by atoms with Gasteiger partial charge in [-0.05, 0) is 25.1 Å². The van der Waals surface area contributed by atoms with Gasteiger partial charge in [0.15, 0.2) is 5.82 Å². The number of imidazole rings is 1. The second kappa shape index (κ2) is 9.64. The molecule has 9 heteroatoms. The third-order valence-corrected chi connectivity index (χ3v) is 4.40. The number of rotatable bonds is 4. The molecule has 3 aromatic heterocycles. The number of halogens is 2. The van der Waals surface area contributed by atoms with Crippen molar-refractivity contribution in [2.24, 2.45) is 0 Å². The van der Waals surface area contributed by atoms with Crippen LogP contribution in [0, 0.1) is 0 Å². The molecule has 1 aliphatic heterocycles. The molecule has 0 amide bonds. The van der Waals surface area contributed by atoms with E-state index in [2.05, 4.69) is 32.2 Å². The van der Waals surface area contributed by atoms with E-state index in [1.54, 1.807) is 18.6 Å². The fourth-order valence-corrected chi connectivity index (χ4v) is 3.16. The van der Waals surface area contributed by atoms with Gasteiger partial charge in [0, 0.05) is 55.9 Å². The molecule has 27 heavy (non-hydrogen) atoms. The Bertz CT molecular complexity index is 840. The second-order valence-corrected chi connectivity index (χ2v) is 6.17. The lowest BCUT2D eigenvalue weighted by atomic mass is 10.1. The smallest absolute Gasteiger partial charge is 0.161 e. The minimum Gasteiger partial charge on any atom is -0.352 e. The number of pyridine rings is 1. The van der Waals surface area contributed by atoms with Crippen molar-refractivity contribution < 1.29 is 0 Å². The average Bonchev–Trinajstić information content (AvgIpc) is 3.04. The van der Waals surface area contributed by atoms with Crippen LogP contribution in [-0.2, 0) is 19.4 Å². The van der Waals surface area contributed by atoms with Crippen LogP contribution < -0.4 is 10.2 Å². The first-order chi connectivity index (χ1) is 12.3. The maximum atomic E-state index is 4.90. The number of hydrogen-bond donors (Lipinski definition) is 2. The minimum absolute atomic E-state index is 0. The van der Waals surface area contributed by atoms with E-state index in [1.165, 1.54) is 5.56 Å².